The fourth-order valence-electron chi connectivity index (χ4n) is 1.96. The summed E-state index contributed by atoms with van der Waals surface area (Å²) in [4.78, 5) is 11.7. The van der Waals surface area contributed by atoms with Crippen LogP contribution in [0.25, 0.3) is 0 Å². The average Bonchev–Trinajstić information content (AvgIpc) is 3.09. The lowest BCUT2D eigenvalue weighted by Gasteiger charge is -2.16. The zero-order valence-electron chi connectivity index (χ0n) is 9.25. The van der Waals surface area contributed by atoms with Gasteiger partial charge in [-0.05, 0) is 25.0 Å². The van der Waals surface area contributed by atoms with Crippen molar-refractivity contribution >= 4 is 17.6 Å². The highest BCUT2D eigenvalue weighted by atomic mass is 35.5. The first-order valence-corrected chi connectivity index (χ1v) is 5.44. The van der Waals surface area contributed by atoms with Gasteiger partial charge in [0.05, 0.1) is 19.6 Å². The van der Waals surface area contributed by atoms with Gasteiger partial charge in [-0.1, -0.05) is 17.7 Å². The maximum absolute atomic E-state index is 11.7. The highest BCUT2D eigenvalue weighted by Crippen LogP contribution is 2.52. The van der Waals surface area contributed by atoms with Crippen molar-refractivity contribution in [1.82, 2.24) is 0 Å². The lowest BCUT2D eigenvalue weighted by atomic mass is 9.95. The van der Waals surface area contributed by atoms with E-state index in [0.717, 1.165) is 18.4 Å². The second kappa shape index (κ2) is 3.98. The second-order valence-electron chi connectivity index (χ2n) is 3.92. The molecule has 0 spiro atoms. The Kier molecular flexibility index (Phi) is 2.80. The molecule has 2 rings (SSSR count). The summed E-state index contributed by atoms with van der Waals surface area (Å²) in [6.45, 7) is 0. The predicted molar refractivity (Wildman–Crippen MR) is 60.9 cm³/mol. The lowest BCUT2D eigenvalue weighted by molar-refractivity contribution is -0.143. The fraction of sp³-hybridized carbons (Fsp3) is 0.417. The largest absolute Gasteiger partial charge is 0.496 e. The van der Waals surface area contributed by atoms with Crippen LogP contribution in [0.3, 0.4) is 0 Å². The fourth-order valence-corrected chi connectivity index (χ4v) is 2.13. The summed E-state index contributed by atoms with van der Waals surface area (Å²) in [6.07, 6.45) is 1.61. The van der Waals surface area contributed by atoms with E-state index in [1.807, 2.05) is 6.07 Å². The molecule has 0 bridgehead atoms. The molecule has 4 heteroatoms. The monoisotopic (exact) mass is 240 g/mol. The number of ether oxygens (including phenoxy) is 2. The van der Waals surface area contributed by atoms with Crippen LogP contribution in [0.5, 0.6) is 5.75 Å². The Morgan fingerprint density at radius 1 is 1.38 bits per heavy atom. The van der Waals surface area contributed by atoms with Gasteiger partial charge in [-0.25, -0.2) is 0 Å². The lowest BCUT2D eigenvalue weighted by Crippen LogP contribution is -2.22. The molecule has 1 aliphatic carbocycles. The molecule has 1 saturated carbocycles. The van der Waals surface area contributed by atoms with E-state index >= 15 is 0 Å². The zero-order valence-corrected chi connectivity index (χ0v) is 10.0. The summed E-state index contributed by atoms with van der Waals surface area (Å²) in [7, 11) is 2.98. The third kappa shape index (κ3) is 1.65. The zero-order chi connectivity index (χ0) is 11.8. The minimum absolute atomic E-state index is 0.201. The van der Waals surface area contributed by atoms with Crippen LogP contribution >= 0.6 is 11.6 Å². The van der Waals surface area contributed by atoms with E-state index in [1.54, 1.807) is 19.2 Å². The number of hydrogen-bond donors (Lipinski definition) is 0. The first-order valence-electron chi connectivity index (χ1n) is 5.06. The Bertz CT molecular complexity index is 424. The van der Waals surface area contributed by atoms with E-state index in [1.165, 1.54) is 7.11 Å². The van der Waals surface area contributed by atoms with Gasteiger partial charge in [-0.15, -0.1) is 0 Å². The molecule has 0 heterocycles. The van der Waals surface area contributed by atoms with Crippen molar-refractivity contribution in [3.63, 3.8) is 0 Å². The van der Waals surface area contributed by atoms with Crippen molar-refractivity contribution < 1.29 is 14.3 Å². The van der Waals surface area contributed by atoms with Crippen molar-refractivity contribution in [2.45, 2.75) is 18.3 Å². The highest BCUT2D eigenvalue weighted by Gasteiger charge is 2.54. The van der Waals surface area contributed by atoms with E-state index in [9.17, 15) is 4.79 Å². The summed E-state index contributed by atoms with van der Waals surface area (Å²) in [5, 5.41) is 0.598. The van der Waals surface area contributed by atoms with Gasteiger partial charge in [-0.3, -0.25) is 4.79 Å². The Balaban J connectivity index is 2.44. The molecule has 0 N–H and O–H groups in total. The average molecular weight is 241 g/mol. The maximum Gasteiger partial charge on any atom is 0.316 e. The van der Waals surface area contributed by atoms with Crippen LogP contribution in [0.4, 0.5) is 0 Å². The Labute approximate surface area is 99.3 Å². The minimum atomic E-state index is -0.509. The van der Waals surface area contributed by atoms with Crippen LogP contribution in [0.1, 0.15) is 18.4 Å². The standard InChI is InChI=1S/C12H13ClO3/c1-15-10-7-8(13)3-4-9(10)12(5-6-12)11(14)16-2/h3-4,7H,5-6H2,1-2H3. The molecule has 1 aliphatic rings. The summed E-state index contributed by atoms with van der Waals surface area (Å²) >= 11 is 5.88. The van der Waals surface area contributed by atoms with E-state index in [4.69, 9.17) is 21.1 Å². The van der Waals surface area contributed by atoms with Gasteiger partial charge in [0.25, 0.3) is 0 Å². The number of hydrogen-bond acceptors (Lipinski definition) is 3. The van der Waals surface area contributed by atoms with Gasteiger partial charge in [0.15, 0.2) is 0 Å². The van der Waals surface area contributed by atoms with Crippen molar-refractivity contribution in [2.75, 3.05) is 14.2 Å². The van der Waals surface area contributed by atoms with Gasteiger partial charge in [0, 0.05) is 10.6 Å². The molecule has 1 aromatic carbocycles. The molecule has 0 atom stereocenters. The van der Waals surface area contributed by atoms with Crippen molar-refractivity contribution in [3.05, 3.63) is 28.8 Å². The van der Waals surface area contributed by atoms with Crippen LogP contribution < -0.4 is 4.74 Å². The molecular formula is C12H13ClO3. The predicted octanol–water partition coefficient (Wildman–Crippen LogP) is 2.55. The Morgan fingerprint density at radius 2 is 2.06 bits per heavy atom. The SMILES string of the molecule is COC(=O)C1(c2ccc(Cl)cc2OC)CC1. The quantitative estimate of drug-likeness (QED) is 0.762. The summed E-state index contributed by atoms with van der Waals surface area (Å²) < 4.78 is 10.1. The number of methoxy groups -OCH3 is 2. The molecular weight excluding hydrogens is 228 g/mol. The molecule has 3 nitrogen and oxygen atoms in total. The number of esters is 1. The van der Waals surface area contributed by atoms with Crippen molar-refractivity contribution in [1.29, 1.82) is 0 Å². The van der Waals surface area contributed by atoms with Crippen LogP contribution in [0.2, 0.25) is 5.02 Å². The molecule has 0 aromatic heterocycles. The Hall–Kier alpha value is -1.22. The maximum atomic E-state index is 11.7. The van der Waals surface area contributed by atoms with E-state index in [0.29, 0.717) is 10.8 Å². The second-order valence-corrected chi connectivity index (χ2v) is 4.35. The van der Waals surface area contributed by atoms with Crippen LogP contribution in [0, 0.1) is 0 Å². The third-order valence-electron chi connectivity index (χ3n) is 3.01. The first-order chi connectivity index (χ1) is 7.64. The molecule has 86 valence electrons. The smallest absolute Gasteiger partial charge is 0.316 e. The number of halogens is 1. The molecule has 1 fully saturated rings. The highest BCUT2D eigenvalue weighted by molar-refractivity contribution is 6.30. The van der Waals surface area contributed by atoms with Crippen molar-refractivity contribution in [3.8, 4) is 5.75 Å². The van der Waals surface area contributed by atoms with Gasteiger partial charge in [0.2, 0.25) is 0 Å². The molecule has 0 saturated heterocycles. The van der Waals surface area contributed by atoms with E-state index < -0.39 is 5.41 Å². The van der Waals surface area contributed by atoms with Crippen LogP contribution in [-0.4, -0.2) is 20.2 Å². The normalized spacial score (nSPS) is 16.7. The van der Waals surface area contributed by atoms with Gasteiger partial charge < -0.3 is 9.47 Å². The molecule has 16 heavy (non-hydrogen) atoms. The van der Waals surface area contributed by atoms with Crippen LogP contribution in [-0.2, 0) is 14.9 Å². The van der Waals surface area contributed by atoms with Gasteiger partial charge in [0.1, 0.15) is 5.75 Å². The third-order valence-corrected chi connectivity index (χ3v) is 3.24. The van der Waals surface area contributed by atoms with Crippen molar-refractivity contribution in [2.24, 2.45) is 0 Å². The summed E-state index contributed by atoms with van der Waals surface area (Å²) in [5.41, 5.74) is 0.358. The number of benzene rings is 1. The minimum Gasteiger partial charge on any atom is -0.496 e. The first kappa shape index (κ1) is 11.3. The number of carbonyl (C=O) groups is 1. The van der Waals surface area contributed by atoms with E-state index in [-0.39, 0.29) is 5.97 Å². The molecule has 0 amide bonds. The topological polar surface area (TPSA) is 35.5 Å². The van der Waals surface area contributed by atoms with Gasteiger partial charge in [-0.2, -0.15) is 0 Å². The summed E-state index contributed by atoms with van der Waals surface area (Å²) in [6, 6.07) is 5.33. The molecule has 0 aliphatic heterocycles. The Morgan fingerprint density at radius 3 is 2.56 bits per heavy atom. The molecule has 0 unspecified atom stereocenters. The number of carbonyl (C=O) groups excluding carboxylic acids is 1. The van der Waals surface area contributed by atoms with Crippen LogP contribution in [0.15, 0.2) is 18.2 Å². The van der Waals surface area contributed by atoms with Gasteiger partial charge >= 0.3 is 5.97 Å². The van der Waals surface area contributed by atoms with E-state index in [2.05, 4.69) is 0 Å². The summed E-state index contributed by atoms with van der Waals surface area (Å²) in [5.74, 6) is 0.448. The molecule has 1 aromatic rings. The number of rotatable bonds is 3. The molecule has 0 radical (unpaired) electrons.